The molecule has 1 unspecified atom stereocenters. The van der Waals surface area contributed by atoms with E-state index in [2.05, 4.69) is 50.6 Å². The minimum Gasteiger partial charge on any atom is -0.271 e. The molecule has 0 aliphatic heterocycles. The Kier molecular flexibility index (Phi) is 5.51. The van der Waals surface area contributed by atoms with Crippen molar-refractivity contribution in [2.24, 2.45) is 5.84 Å². The third kappa shape index (κ3) is 4.74. The summed E-state index contributed by atoms with van der Waals surface area (Å²) in [5.74, 6) is 5.64. The van der Waals surface area contributed by atoms with Gasteiger partial charge in [-0.1, -0.05) is 28.1 Å². The minimum atomic E-state index is 0.286. The van der Waals surface area contributed by atoms with Gasteiger partial charge in [0.1, 0.15) is 0 Å². The quantitative estimate of drug-likeness (QED) is 0.636. The first kappa shape index (κ1) is 14.2. The van der Waals surface area contributed by atoms with Crippen molar-refractivity contribution in [2.75, 3.05) is 0 Å². The Hall–Kier alpha value is -1.23. The molecule has 1 heterocycles. The van der Waals surface area contributed by atoms with Gasteiger partial charge < -0.3 is 0 Å². The lowest BCUT2D eigenvalue weighted by Gasteiger charge is -2.16. The van der Waals surface area contributed by atoms with Crippen LogP contribution < -0.4 is 11.3 Å². The Morgan fingerprint density at radius 1 is 1.05 bits per heavy atom. The summed E-state index contributed by atoms with van der Waals surface area (Å²) in [5, 5.41) is 0. The maximum absolute atomic E-state index is 5.64. The van der Waals surface area contributed by atoms with E-state index in [4.69, 9.17) is 5.84 Å². The summed E-state index contributed by atoms with van der Waals surface area (Å²) in [4.78, 5) is 4.02. The predicted molar refractivity (Wildman–Crippen MR) is 81.5 cm³/mol. The van der Waals surface area contributed by atoms with Crippen LogP contribution in [0.1, 0.15) is 17.5 Å². The van der Waals surface area contributed by atoms with E-state index in [0.29, 0.717) is 0 Å². The van der Waals surface area contributed by atoms with Crippen molar-refractivity contribution < 1.29 is 0 Å². The summed E-state index contributed by atoms with van der Waals surface area (Å²) < 4.78 is 1.10. The Balaban J connectivity index is 1.88. The van der Waals surface area contributed by atoms with Crippen molar-refractivity contribution in [3.05, 3.63) is 64.4 Å². The van der Waals surface area contributed by atoms with Crippen LogP contribution >= 0.6 is 15.9 Å². The highest BCUT2D eigenvalue weighted by atomic mass is 79.9. The number of halogens is 1. The molecule has 3 N–H and O–H groups in total. The first-order valence-electron chi connectivity index (χ1n) is 6.37. The first-order chi connectivity index (χ1) is 9.28. The number of hydrogen-bond acceptors (Lipinski definition) is 3. The maximum Gasteiger partial charge on any atom is 0.0270 e. The van der Waals surface area contributed by atoms with Crippen LogP contribution in [0.4, 0.5) is 0 Å². The van der Waals surface area contributed by atoms with Gasteiger partial charge in [-0.15, -0.1) is 0 Å². The van der Waals surface area contributed by atoms with Crippen LogP contribution in [0, 0.1) is 0 Å². The normalized spacial score (nSPS) is 12.3. The molecule has 0 amide bonds. The van der Waals surface area contributed by atoms with Crippen LogP contribution in [0.25, 0.3) is 0 Å². The fourth-order valence-electron chi connectivity index (χ4n) is 2.04. The Morgan fingerprint density at radius 3 is 2.37 bits per heavy atom. The van der Waals surface area contributed by atoms with Gasteiger partial charge in [-0.3, -0.25) is 16.3 Å². The smallest absolute Gasteiger partial charge is 0.0270 e. The Bertz CT molecular complexity index is 485. The number of hydrazine groups is 1. The van der Waals surface area contributed by atoms with E-state index in [1.807, 2.05) is 24.5 Å². The fourth-order valence-corrected chi connectivity index (χ4v) is 2.30. The van der Waals surface area contributed by atoms with Crippen LogP contribution in [-0.4, -0.2) is 11.0 Å². The number of nitrogens with zero attached hydrogens (tertiary/aromatic N) is 1. The van der Waals surface area contributed by atoms with Crippen molar-refractivity contribution in [1.82, 2.24) is 10.4 Å². The first-order valence-corrected chi connectivity index (χ1v) is 7.16. The van der Waals surface area contributed by atoms with Gasteiger partial charge >= 0.3 is 0 Å². The number of rotatable bonds is 6. The Morgan fingerprint density at radius 2 is 1.74 bits per heavy atom. The summed E-state index contributed by atoms with van der Waals surface area (Å²) in [5.41, 5.74) is 5.50. The van der Waals surface area contributed by atoms with Crippen molar-refractivity contribution in [2.45, 2.75) is 25.3 Å². The topological polar surface area (TPSA) is 50.9 Å². The zero-order chi connectivity index (χ0) is 13.5. The molecular formula is C15H18BrN3. The molecule has 0 fully saturated rings. The largest absolute Gasteiger partial charge is 0.271 e. The number of benzene rings is 1. The van der Waals surface area contributed by atoms with Gasteiger partial charge in [0.05, 0.1) is 0 Å². The van der Waals surface area contributed by atoms with E-state index in [0.717, 1.165) is 23.7 Å². The van der Waals surface area contributed by atoms with Gasteiger partial charge in [0, 0.05) is 22.9 Å². The zero-order valence-electron chi connectivity index (χ0n) is 10.7. The highest BCUT2D eigenvalue weighted by Gasteiger charge is 2.08. The molecule has 0 saturated heterocycles. The van der Waals surface area contributed by atoms with Gasteiger partial charge in [0.2, 0.25) is 0 Å². The number of hydrogen-bond donors (Lipinski definition) is 2. The summed E-state index contributed by atoms with van der Waals surface area (Å²) in [6.07, 6.45) is 6.61. The number of nitrogens with one attached hydrogen (secondary N) is 1. The average molecular weight is 320 g/mol. The number of pyridine rings is 1. The van der Waals surface area contributed by atoms with Crippen LogP contribution in [0.2, 0.25) is 0 Å². The second kappa shape index (κ2) is 7.38. The molecule has 0 aliphatic carbocycles. The van der Waals surface area contributed by atoms with Crippen LogP contribution in [0.3, 0.4) is 0 Å². The second-order valence-corrected chi connectivity index (χ2v) is 5.50. The number of nitrogens with two attached hydrogens (primary N) is 1. The summed E-state index contributed by atoms with van der Waals surface area (Å²) in [7, 11) is 0. The molecule has 2 aromatic rings. The number of aromatic nitrogens is 1. The highest BCUT2D eigenvalue weighted by Crippen LogP contribution is 2.13. The van der Waals surface area contributed by atoms with E-state index in [1.165, 1.54) is 11.1 Å². The summed E-state index contributed by atoms with van der Waals surface area (Å²) in [6.45, 7) is 0. The molecule has 100 valence electrons. The van der Waals surface area contributed by atoms with Crippen molar-refractivity contribution in [1.29, 1.82) is 0 Å². The van der Waals surface area contributed by atoms with Crippen LogP contribution in [0.5, 0.6) is 0 Å². The average Bonchev–Trinajstić information content (AvgIpc) is 2.46. The molecular weight excluding hydrogens is 302 g/mol. The van der Waals surface area contributed by atoms with E-state index in [1.54, 1.807) is 0 Å². The molecule has 1 atom stereocenters. The monoisotopic (exact) mass is 319 g/mol. The molecule has 0 spiro atoms. The lowest BCUT2D eigenvalue weighted by molar-refractivity contribution is 0.491. The molecule has 2 rings (SSSR count). The summed E-state index contributed by atoms with van der Waals surface area (Å²) >= 11 is 3.44. The van der Waals surface area contributed by atoms with Gasteiger partial charge in [-0.05, 0) is 54.7 Å². The fraction of sp³-hybridized carbons (Fsp3) is 0.267. The predicted octanol–water partition coefficient (Wildman–Crippen LogP) is 2.85. The van der Waals surface area contributed by atoms with Crippen molar-refractivity contribution in [3.63, 3.8) is 0 Å². The van der Waals surface area contributed by atoms with Gasteiger partial charge in [-0.2, -0.15) is 0 Å². The molecule has 4 heteroatoms. The van der Waals surface area contributed by atoms with E-state index in [-0.39, 0.29) is 6.04 Å². The highest BCUT2D eigenvalue weighted by molar-refractivity contribution is 9.10. The second-order valence-electron chi connectivity index (χ2n) is 4.59. The molecule has 1 aromatic heterocycles. The Labute approximate surface area is 122 Å². The van der Waals surface area contributed by atoms with Crippen molar-refractivity contribution >= 4 is 15.9 Å². The molecule has 1 aromatic carbocycles. The van der Waals surface area contributed by atoms with E-state index in [9.17, 15) is 0 Å². The summed E-state index contributed by atoms with van der Waals surface area (Å²) in [6, 6.07) is 12.8. The van der Waals surface area contributed by atoms with E-state index < -0.39 is 0 Å². The lowest BCUT2D eigenvalue weighted by Crippen LogP contribution is -2.37. The molecule has 0 saturated carbocycles. The lowest BCUT2D eigenvalue weighted by atomic mass is 10.00. The molecule has 0 aliphatic rings. The van der Waals surface area contributed by atoms with Gasteiger partial charge in [0.15, 0.2) is 0 Å². The maximum atomic E-state index is 5.64. The molecule has 0 radical (unpaired) electrons. The van der Waals surface area contributed by atoms with E-state index >= 15 is 0 Å². The van der Waals surface area contributed by atoms with Crippen molar-refractivity contribution in [3.8, 4) is 0 Å². The zero-order valence-corrected chi connectivity index (χ0v) is 12.3. The third-order valence-electron chi connectivity index (χ3n) is 3.16. The minimum absolute atomic E-state index is 0.286. The number of aryl methyl sites for hydroxylation is 1. The molecule has 3 nitrogen and oxygen atoms in total. The standard InChI is InChI=1S/C15H18BrN3/c16-14-4-1-13(2-5-14)11-15(19-17)6-3-12-7-9-18-10-8-12/h1-2,4-5,7-10,15,19H,3,6,11,17H2. The SMILES string of the molecule is NNC(CCc1ccncc1)Cc1ccc(Br)cc1. The van der Waals surface area contributed by atoms with Crippen LogP contribution in [0.15, 0.2) is 53.3 Å². The van der Waals surface area contributed by atoms with Gasteiger partial charge in [0.25, 0.3) is 0 Å². The molecule has 19 heavy (non-hydrogen) atoms. The van der Waals surface area contributed by atoms with Gasteiger partial charge in [-0.25, -0.2) is 0 Å². The third-order valence-corrected chi connectivity index (χ3v) is 3.69. The van der Waals surface area contributed by atoms with Crippen LogP contribution in [-0.2, 0) is 12.8 Å². The molecule has 0 bridgehead atoms.